The van der Waals surface area contributed by atoms with Crippen LogP contribution in [0.1, 0.15) is 54.1 Å². The molecule has 0 radical (unpaired) electrons. The number of nitrogens with one attached hydrogen (secondary N) is 1. The van der Waals surface area contributed by atoms with Gasteiger partial charge in [0.2, 0.25) is 0 Å². The summed E-state index contributed by atoms with van der Waals surface area (Å²) in [4.78, 5) is 12.4. The maximum Gasteiger partial charge on any atom is 0.252 e. The first kappa shape index (κ1) is 15.6. The van der Waals surface area contributed by atoms with E-state index in [4.69, 9.17) is 5.73 Å². The Morgan fingerprint density at radius 2 is 2.19 bits per heavy atom. The second-order valence-corrected chi connectivity index (χ2v) is 5.94. The Bertz CT molecular complexity index is 571. The highest BCUT2D eigenvalue weighted by Crippen LogP contribution is 2.43. The summed E-state index contributed by atoms with van der Waals surface area (Å²) < 4.78 is 0. The normalized spacial score (nSPS) is 15.6. The lowest BCUT2D eigenvalue weighted by Gasteiger charge is -2.41. The van der Waals surface area contributed by atoms with Gasteiger partial charge in [-0.1, -0.05) is 31.3 Å². The third kappa shape index (κ3) is 3.65. The monoisotopic (exact) mass is 284 g/mol. The number of rotatable bonds is 4. The molecule has 1 aromatic carbocycles. The lowest BCUT2D eigenvalue weighted by atomic mass is 9.67. The maximum atomic E-state index is 12.4. The molecule has 3 nitrogen and oxygen atoms in total. The third-order valence-corrected chi connectivity index (χ3v) is 4.53. The zero-order chi connectivity index (χ0) is 15.3. The fourth-order valence-electron chi connectivity index (χ4n) is 2.80. The van der Waals surface area contributed by atoms with Crippen molar-refractivity contribution in [3.63, 3.8) is 0 Å². The smallest absolute Gasteiger partial charge is 0.252 e. The standard InChI is InChI=1S/C18H24N2O/c1-3-18(9-5-10-18)13-20-17(21)16-8-7-14(2)12-15(16)6-4-11-19/h7-8,12H,3,5,9-11,13,19H2,1-2H3,(H,20,21). The average molecular weight is 284 g/mol. The highest BCUT2D eigenvalue weighted by Gasteiger charge is 2.35. The molecule has 112 valence electrons. The molecular formula is C18H24N2O. The van der Waals surface area contributed by atoms with Gasteiger partial charge in [-0.3, -0.25) is 4.79 Å². The van der Waals surface area contributed by atoms with Crippen molar-refractivity contribution in [3.05, 3.63) is 34.9 Å². The number of amides is 1. The molecule has 21 heavy (non-hydrogen) atoms. The lowest BCUT2D eigenvalue weighted by Crippen LogP contribution is -2.41. The number of carbonyl (C=O) groups is 1. The van der Waals surface area contributed by atoms with E-state index in [2.05, 4.69) is 24.1 Å². The van der Waals surface area contributed by atoms with Crippen LogP contribution < -0.4 is 11.1 Å². The van der Waals surface area contributed by atoms with Crippen LogP contribution in [0.3, 0.4) is 0 Å². The van der Waals surface area contributed by atoms with Gasteiger partial charge in [0.15, 0.2) is 0 Å². The second kappa shape index (κ2) is 6.78. The van der Waals surface area contributed by atoms with E-state index in [1.165, 1.54) is 19.3 Å². The molecule has 3 heteroatoms. The van der Waals surface area contributed by atoms with Crippen molar-refractivity contribution < 1.29 is 4.79 Å². The molecule has 0 bridgehead atoms. The van der Waals surface area contributed by atoms with Crippen LogP contribution in [0.25, 0.3) is 0 Å². The number of carbonyl (C=O) groups excluding carboxylic acids is 1. The minimum atomic E-state index is -0.0314. The van der Waals surface area contributed by atoms with E-state index in [0.29, 0.717) is 17.5 Å². The number of hydrogen-bond donors (Lipinski definition) is 2. The second-order valence-electron chi connectivity index (χ2n) is 5.94. The first-order chi connectivity index (χ1) is 10.1. The number of aryl methyl sites for hydroxylation is 1. The molecular weight excluding hydrogens is 260 g/mol. The van der Waals surface area contributed by atoms with Gasteiger partial charge in [-0.2, -0.15) is 0 Å². The summed E-state index contributed by atoms with van der Waals surface area (Å²) in [7, 11) is 0. The zero-order valence-electron chi connectivity index (χ0n) is 13.0. The molecule has 1 aliphatic carbocycles. The predicted octanol–water partition coefficient (Wildman–Crippen LogP) is 2.62. The van der Waals surface area contributed by atoms with Crippen LogP contribution in [0.2, 0.25) is 0 Å². The first-order valence-electron chi connectivity index (χ1n) is 7.68. The highest BCUT2D eigenvalue weighted by atomic mass is 16.1. The Hall–Kier alpha value is -1.79. The van der Waals surface area contributed by atoms with Crippen LogP contribution in [0.15, 0.2) is 18.2 Å². The largest absolute Gasteiger partial charge is 0.351 e. The topological polar surface area (TPSA) is 55.1 Å². The van der Waals surface area contributed by atoms with Crippen LogP contribution >= 0.6 is 0 Å². The Morgan fingerprint density at radius 3 is 2.76 bits per heavy atom. The summed E-state index contributed by atoms with van der Waals surface area (Å²) >= 11 is 0. The van der Waals surface area contributed by atoms with Gasteiger partial charge in [0.1, 0.15) is 0 Å². The van der Waals surface area contributed by atoms with Gasteiger partial charge >= 0.3 is 0 Å². The molecule has 0 aromatic heterocycles. The van der Waals surface area contributed by atoms with E-state index in [0.717, 1.165) is 24.1 Å². The molecule has 0 saturated heterocycles. The van der Waals surface area contributed by atoms with E-state index < -0.39 is 0 Å². The lowest BCUT2D eigenvalue weighted by molar-refractivity contribution is 0.0850. The maximum absolute atomic E-state index is 12.4. The summed E-state index contributed by atoms with van der Waals surface area (Å²) in [6, 6.07) is 5.74. The van der Waals surface area contributed by atoms with Crippen LogP contribution in [0, 0.1) is 24.2 Å². The van der Waals surface area contributed by atoms with Crippen molar-refractivity contribution in [2.45, 2.75) is 39.5 Å². The Balaban J connectivity index is 2.11. The molecule has 1 fully saturated rings. The molecule has 0 spiro atoms. The molecule has 1 aliphatic rings. The molecule has 0 aliphatic heterocycles. The van der Waals surface area contributed by atoms with Gasteiger partial charge in [0.25, 0.3) is 5.91 Å². The van der Waals surface area contributed by atoms with E-state index in [1.807, 2.05) is 25.1 Å². The van der Waals surface area contributed by atoms with Gasteiger partial charge in [0.05, 0.1) is 12.1 Å². The molecule has 1 saturated carbocycles. The zero-order valence-corrected chi connectivity index (χ0v) is 13.0. The van der Waals surface area contributed by atoms with Crippen molar-refractivity contribution in [2.24, 2.45) is 11.1 Å². The predicted molar refractivity (Wildman–Crippen MR) is 86.0 cm³/mol. The average Bonchev–Trinajstić information content (AvgIpc) is 2.44. The highest BCUT2D eigenvalue weighted by molar-refractivity contribution is 5.96. The quantitative estimate of drug-likeness (QED) is 0.835. The fourth-order valence-corrected chi connectivity index (χ4v) is 2.80. The summed E-state index contributed by atoms with van der Waals surface area (Å²) in [5.41, 5.74) is 8.25. The van der Waals surface area contributed by atoms with E-state index in [9.17, 15) is 4.79 Å². The minimum Gasteiger partial charge on any atom is -0.351 e. The molecule has 0 heterocycles. The van der Waals surface area contributed by atoms with Crippen molar-refractivity contribution in [2.75, 3.05) is 13.1 Å². The fraction of sp³-hybridized carbons (Fsp3) is 0.500. The van der Waals surface area contributed by atoms with Gasteiger partial charge in [-0.05, 0) is 49.3 Å². The summed E-state index contributed by atoms with van der Waals surface area (Å²) in [6.45, 7) is 5.26. The minimum absolute atomic E-state index is 0.0314. The molecule has 3 N–H and O–H groups in total. The van der Waals surface area contributed by atoms with E-state index in [1.54, 1.807) is 0 Å². The summed E-state index contributed by atoms with van der Waals surface area (Å²) in [6.07, 6.45) is 4.84. The van der Waals surface area contributed by atoms with Crippen molar-refractivity contribution in [1.29, 1.82) is 0 Å². The Labute approximate surface area is 127 Å². The van der Waals surface area contributed by atoms with Gasteiger partial charge in [-0.25, -0.2) is 0 Å². The number of nitrogens with two attached hydrogens (primary N) is 1. The van der Waals surface area contributed by atoms with Crippen LogP contribution in [0.5, 0.6) is 0 Å². The van der Waals surface area contributed by atoms with Crippen molar-refractivity contribution in [1.82, 2.24) is 5.32 Å². The molecule has 1 aromatic rings. The summed E-state index contributed by atoms with van der Waals surface area (Å²) in [5, 5.41) is 3.09. The van der Waals surface area contributed by atoms with Gasteiger partial charge in [0, 0.05) is 12.1 Å². The summed E-state index contributed by atoms with van der Waals surface area (Å²) in [5.74, 6) is 5.80. The first-order valence-corrected chi connectivity index (χ1v) is 7.68. The third-order valence-electron chi connectivity index (χ3n) is 4.53. The van der Waals surface area contributed by atoms with Crippen LogP contribution in [-0.4, -0.2) is 19.0 Å². The van der Waals surface area contributed by atoms with E-state index in [-0.39, 0.29) is 5.91 Å². The number of benzene rings is 1. The van der Waals surface area contributed by atoms with Gasteiger partial charge in [-0.15, -0.1) is 0 Å². The molecule has 0 unspecified atom stereocenters. The number of hydrogen-bond acceptors (Lipinski definition) is 2. The molecule has 0 atom stereocenters. The van der Waals surface area contributed by atoms with Gasteiger partial charge < -0.3 is 11.1 Å². The molecule has 1 amide bonds. The Kier molecular flexibility index (Phi) is 5.03. The van der Waals surface area contributed by atoms with Crippen molar-refractivity contribution in [3.8, 4) is 11.8 Å². The van der Waals surface area contributed by atoms with Crippen molar-refractivity contribution >= 4 is 5.91 Å². The van der Waals surface area contributed by atoms with E-state index >= 15 is 0 Å². The van der Waals surface area contributed by atoms with Crippen LogP contribution in [0.4, 0.5) is 0 Å². The molecule has 2 rings (SSSR count). The Morgan fingerprint density at radius 1 is 1.43 bits per heavy atom. The SMILES string of the molecule is CCC1(CNC(=O)c2ccc(C)cc2C#CCN)CCC1. The van der Waals surface area contributed by atoms with Crippen LogP contribution in [-0.2, 0) is 0 Å².